The molecule has 0 amide bonds. The van der Waals surface area contributed by atoms with Crippen LogP contribution in [0, 0.1) is 0 Å². The highest BCUT2D eigenvalue weighted by Gasteiger charge is 2.24. The summed E-state index contributed by atoms with van der Waals surface area (Å²) in [4.78, 5) is 3.56. The molecule has 0 aliphatic carbocycles. The molecule has 4 heteroatoms. The number of benzene rings is 9. The van der Waals surface area contributed by atoms with Crippen molar-refractivity contribution in [2.75, 3.05) is 9.80 Å². The Morgan fingerprint density at radius 2 is 0.688 bits per heavy atom. The molecule has 0 unspecified atom stereocenters. The molecule has 0 bridgehead atoms. The van der Waals surface area contributed by atoms with Crippen molar-refractivity contribution in [1.82, 2.24) is 8.80 Å². The van der Waals surface area contributed by atoms with Crippen molar-refractivity contribution >= 4 is 110 Å². The minimum Gasteiger partial charge on any atom is -0.310 e. The third-order valence-corrected chi connectivity index (χ3v) is 13.3. The molecule has 0 spiro atoms. The zero-order chi connectivity index (χ0) is 51.5. The van der Waals surface area contributed by atoms with Crippen LogP contribution in [-0.2, 0) is 0 Å². The molecule has 0 fully saturated rings. The number of fused-ring (bicyclic) bond motifs is 12. The first-order chi connectivity index (χ1) is 35.5. The van der Waals surface area contributed by atoms with Crippen molar-refractivity contribution in [3.63, 3.8) is 0 Å². The van der Waals surface area contributed by atoms with E-state index in [1.165, 1.54) is 0 Å². The first-order valence-corrected chi connectivity index (χ1v) is 21.8. The van der Waals surface area contributed by atoms with Crippen LogP contribution in [0.1, 0.15) is 64.4 Å². The smallest absolute Gasteiger partial charge is 0.0645 e. The maximum absolute atomic E-state index is 9.06. The maximum Gasteiger partial charge on any atom is 0.0645 e. The number of hydrogen-bond donors (Lipinski definition) is 0. The second-order valence-corrected chi connectivity index (χ2v) is 17.5. The second kappa shape index (κ2) is 13.8. The van der Waals surface area contributed by atoms with Crippen LogP contribution < -0.4 is 9.80 Å². The summed E-state index contributed by atoms with van der Waals surface area (Å²) < 4.78 is 92.1. The Bertz CT molecular complexity index is 4160. The maximum atomic E-state index is 9.06. The van der Waals surface area contributed by atoms with Gasteiger partial charge in [-0.05, 0) is 120 Å². The van der Waals surface area contributed by atoms with Crippen molar-refractivity contribution in [2.45, 2.75) is 39.5 Å². The Hall–Kier alpha value is -7.82. The van der Waals surface area contributed by atoms with Gasteiger partial charge in [-0.1, -0.05) is 125 Å². The minimum absolute atomic E-state index is 0.0784. The van der Waals surface area contributed by atoms with Gasteiger partial charge in [0.25, 0.3) is 0 Å². The Kier molecular flexibility index (Phi) is 6.05. The topological polar surface area (TPSA) is 15.3 Å². The van der Waals surface area contributed by atoms with E-state index < -0.39 is 36.3 Å². The first kappa shape index (κ1) is 28.0. The van der Waals surface area contributed by atoms with Crippen LogP contribution in [0.25, 0.3) is 76.2 Å². The summed E-state index contributed by atoms with van der Waals surface area (Å²) in [6, 6.07) is 41.8. The van der Waals surface area contributed by atoms with Crippen molar-refractivity contribution < 1.29 is 13.7 Å². The van der Waals surface area contributed by atoms with E-state index in [0.717, 1.165) is 87.3 Å². The van der Waals surface area contributed by atoms with Gasteiger partial charge >= 0.3 is 0 Å². The Morgan fingerprint density at radius 1 is 0.344 bits per heavy atom. The SMILES string of the molecule is [2H]c1c([2H])c([2H])c(N(c2ccc(C(C)C)cc2)c2ccc3c(c2)c2cccc4c5cc6c(cc5n3c24)c2cccc3c4cc(N(c5ccc(C(C)C)cc5)c5c([2H])c([2H])c([2H])c([2H])c5[2H])ccc4n6c32)c([2H])c1[2H]. The lowest BCUT2D eigenvalue weighted by molar-refractivity contribution is 0.866. The quantitative estimate of drug-likeness (QED) is 0.152. The van der Waals surface area contributed by atoms with Crippen LogP contribution in [0.3, 0.4) is 0 Å². The van der Waals surface area contributed by atoms with E-state index in [1.54, 1.807) is 9.80 Å². The van der Waals surface area contributed by atoms with Gasteiger partial charge in [-0.2, -0.15) is 0 Å². The van der Waals surface area contributed by atoms with Crippen molar-refractivity contribution in [1.29, 1.82) is 0 Å². The summed E-state index contributed by atoms with van der Waals surface area (Å²) >= 11 is 0. The lowest BCUT2D eigenvalue weighted by Gasteiger charge is -2.26. The first-order valence-electron chi connectivity index (χ1n) is 26.8. The predicted molar refractivity (Wildman–Crippen MR) is 273 cm³/mol. The molecular formula is C60H46N4. The van der Waals surface area contributed by atoms with Gasteiger partial charge in [-0.25, -0.2) is 0 Å². The lowest BCUT2D eigenvalue weighted by Crippen LogP contribution is -2.09. The molecule has 0 radical (unpaired) electrons. The van der Waals surface area contributed by atoms with Crippen LogP contribution in [0.5, 0.6) is 0 Å². The van der Waals surface area contributed by atoms with Gasteiger partial charge in [0, 0.05) is 77.2 Å². The van der Waals surface area contributed by atoms with Gasteiger partial charge in [0.15, 0.2) is 0 Å². The van der Waals surface area contributed by atoms with Crippen LogP contribution in [-0.4, -0.2) is 8.80 Å². The third kappa shape index (κ3) is 5.29. The van der Waals surface area contributed by atoms with Gasteiger partial charge < -0.3 is 18.6 Å². The highest BCUT2D eigenvalue weighted by Crippen LogP contribution is 2.47. The van der Waals surface area contributed by atoms with E-state index in [1.807, 2.05) is 60.7 Å². The molecule has 13 aromatic rings. The molecule has 13 rings (SSSR count). The molecule has 0 saturated carbocycles. The molecule has 306 valence electrons. The summed E-state index contributed by atoms with van der Waals surface area (Å²) in [6.07, 6.45) is 0. The summed E-state index contributed by atoms with van der Waals surface area (Å²) in [5, 5.41) is 8.29. The molecule has 0 atom stereocenters. The fourth-order valence-electron chi connectivity index (χ4n) is 10.2. The molecule has 4 heterocycles. The highest BCUT2D eigenvalue weighted by molar-refractivity contribution is 6.29. The zero-order valence-corrected chi connectivity index (χ0v) is 35.6. The van der Waals surface area contributed by atoms with Gasteiger partial charge in [-0.3, -0.25) is 0 Å². The summed E-state index contributed by atoms with van der Waals surface area (Å²) in [6.45, 7) is 8.48. The molecule has 0 N–H and O–H groups in total. The van der Waals surface area contributed by atoms with E-state index in [-0.39, 0.29) is 47.4 Å². The van der Waals surface area contributed by atoms with Gasteiger partial charge in [0.1, 0.15) is 0 Å². The lowest BCUT2D eigenvalue weighted by atomic mass is 10.0. The van der Waals surface area contributed by atoms with E-state index in [4.69, 9.17) is 13.7 Å². The molecule has 9 aromatic carbocycles. The number of aromatic nitrogens is 2. The van der Waals surface area contributed by atoms with Crippen LogP contribution >= 0.6 is 0 Å². The monoisotopic (exact) mass is 832 g/mol. The second-order valence-electron chi connectivity index (χ2n) is 17.5. The summed E-state index contributed by atoms with van der Waals surface area (Å²) in [5.74, 6) is 0.558. The van der Waals surface area contributed by atoms with Gasteiger partial charge in [0.05, 0.1) is 46.8 Å². The summed E-state index contributed by atoms with van der Waals surface area (Å²) in [7, 11) is 0. The van der Waals surface area contributed by atoms with Gasteiger partial charge in [-0.15, -0.1) is 0 Å². The van der Waals surface area contributed by atoms with Crippen molar-refractivity contribution in [3.8, 4) is 0 Å². The number of nitrogens with zero attached hydrogens (tertiary/aromatic N) is 4. The van der Waals surface area contributed by atoms with Crippen LogP contribution in [0.2, 0.25) is 0 Å². The van der Waals surface area contributed by atoms with E-state index in [0.29, 0.717) is 22.7 Å². The number of rotatable bonds is 8. The fourth-order valence-corrected chi connectivity index (χ4v) is 10.2. The molecule has 4 nitrogen and oxygen atoms in total. The number of hydrogen-bond acceptors (Lipinski definition) is 2. The van der Waals surface area contributed by atoms with Crippen LogP contribution in [0.15, 0.2) is 194 Å². The Labute approximate surface area is 386 Å². The molecule has 0 saturated heterocycles. The van der Waals surface area contributed by atoms with E-state index in [9.17, 15) is 0 Å². The largest absolute Gasteiger partial charge is 0.310 e. The van der Waals surface area contributed by atoms with E-state index >= 15 is 0 Å². The molecule has 64 heavy (non-hydrogen) atoms. The van der Waals surface area contributed by atoms with Crippen molar-refractivity contribution in [2.24, 2.45) is 0 Å². The standard InChI is InChI=1S/C60H46N4/c1-37(2)39-21-25-43(26-22-39)61(41-13-7-5-8-14-41)45-29-31-55-51(33-45)47-17-11-19-49-53-36-58-54(35-57(53)63(55)59(47)49)50-20-12-18-48-52-34-46(30-32-56(52)64(58)60(48)50)62(42-15-9-6-10-16-42)44-27-23-40(24-28-44)38(3)4/h5-38H,1-4H3/i5D,6D,7D,8D,9D,10D,13D,14D,15D,16D. The highest BCUT2D eigenvalue weighted by atomic mass is 15.1. The normalized spacial score (nSPS) is 14.5. The average molecular weight is 833 g/mol. The fraction of sp³-hybridized carbons (Fsp3) is 0.100. The van der Waals surface area contributed by atoms with E-state index in [2.05, 4.69) is 109 Å². The zero-order valence-electron chi connectivity index (χ0n) is 45.6. The molecule has 4 aromatic heterocycles. The average Bonchev–Trinajstić information content (AvgIpc) is 4.17. The Balaban J connectivity index is 1.01. The Morgan fingerprint density at radius 3 is 1.05 bits per heavy atom. The number of para-hydroxylation sites is 4. The number of anilines is 6. The van der Waals surface area contributed by atoms with Crippen LogP contribution in [0.4, 0.5) is 34.1 Å². The van der Waals surface area contributed by atoms with Crippen molar-refractivity contribution in [3.05, 3.63) is 205 Å². The predicted octanol–water partition coefficient (Wildman–Crippen LogP) is 17.2. The van der Waals surface area contributed by atoms with Gasteiger partial charge in [0.2, 0.25) is 0 Å². The minimum atomic E-state index is -0.441. The molecule has 0 aliphatic heterocycles. The summed E-state index contributed by atoms with van der Waals surface area (Å²) in [5.41, 5.74) is 11.2. The third-order valence-electron chi connectivity index (χ3n) is 13.3. The molecular weight excluding hydrogens is 777 g/mol. The molecule has 0 aliphatic rings.